The van der Waals surface area contributed by atoms with Gasteiger partial charge in [0.15, 0.2) is 17.5 Å². The first-order chi connectivity index (χ1) is 17.3. The zero-order chi connectivity index (χ0) is 23.6. The van der Waals surface area contributed by atoms with Crippen LogP contribution in [0.4, 0.5) is 0 Å². The molecular formula is C31H20BrN3. The Kier molecular flexibility index (Phi) is 5.65. The van der Waals surface area contributed by atoms with E-state index < -0.39 is 0 Å². The molecule has 0 saturated carbocycles. The highest BCUT2D eigenvalue weighted by molar-refractivity contribution is 9.10. The van der Waals surface area contributed by atoms with E-state index in [4.69, 9.17) is 15.0 Å². The molecule has 5 aromatic carbocycles. The second-order valence-electron chi connectivity index (χ2n) is 8.26. The quantitative estimate of drug-likeness (QED) is 0.237. The molecule has 0 fully saturated rings. The van der Waals surface area contributed by atoms with Gasteiger partial charge in [0.2, 0.25) is 0 Å². The van der Waals surface area contributed by atoms with Gasteiger partial charge in [-0.2, -0.15) is 0 Å². The van der Waals surface area contributed by atoms with E-state index in [-0.39, 0.29) is 0 Å². The predicted octanol–water partition coefficient (Wildman–Crippen LogP) is 8.46. The summed E-state index contributed by atoms with van der Waals surface area (Å²) in [4.78, 5) is 14.7. The Labute approximate surface area is 212 Å². The van der Waals surface area contributed by atoms with E-state index in [1.54, 1.807) is 0 Å². The summed E-state index contributed by atoms with van der Waals surface area (Å²) in [5.41, 5.74) is 5.17. The van der Waals surface area contributed by atoms with E-state index in [1.807, 2.05) is 48.5 Å². The van der Waals surface area contributed by atoms with Gasteiger partial charge >= 0.3 is 0 Å². The summed E-state index contributed by atoms with van der Waals surface area (Å²) in [7, 11) is 0. The van der Waals surface area contributed by atoms with Crippen molar-refractivity contribution in [2.75, 3.05) is 0 Å². The molecule has 0 atom stereocenters. The topological polar surface area (TPSA) is 38.7 Å². The van der Waals surface area contributed by atoms with Crippen LogP contribution in [0.2, 0.25) is 0 Å². The minimum atomic E-state index is 0.638. The molecule has 0 unspecified atom stereocenters. The van der Waals surface area contributed by atoms with Crippen LogP contribution in [0.15, 0.2) is 126 Å². The summed E-state index contributed by atoms with van der Waals surface area (Å²) >= 11 is 3.82. The normalized spacial score (nSPS) is 11.0. The maximum absolute atomic E-state index is 4.92. The average molecular weight is 514 g/mol. The molecule has 0 amide bonds. The number of hydrogen-bond donors (Lipinski definition) is 0. The molecule has 1 heterocycles. The van der Waals surface area contributed by atoms with Crippen molar-refractivity contribution in [3.05, 3.63) is 126 Å². The van der Waals surface area contributed by atoms with Crippen molar-refractivity contribution in [3.8, 4) is 45.3 Å². The van der Waals surface area contributed by atoms with Gasteiger partial charge in [-0.3, -0.25) is 0 Å². The molecule has 0 aliphatic carbocycles. The van der Waals surface area contributed by atoms with E-state index in [2.05, 4.69) is 88.7 Å². The fourth-order valence-electron chi connectivity index (χ4n) is 4.19. The maximum Gasteiger partial charge on any atom is 0.165 e. The minimum Gasteiger partial charge on any atom is -0.208 e. The van der Waals surface area contributed by atoms with E-state index in [1.165, 1.54) is 5.56 Å². The van der Waals surface area contributed by atoms with Gasteiger partial charge in [-0.05, 0) is 43.9 Å². The number of fused-ring (bicyclic) bond motifs is 1. The molecule has 0 saturated heterocycles. The third-order valence-corrected chi connectivity index (χ3v) is 6.88. The molecule has 0 bridgehead atoms. The molecule has 6 aromatic rings. The number of hydrogen-bond acceptors (Lipinski definition) is 3. The molecule has 1 aromatic heterocycles. The monoisotopic (exact) mass is 513 g/mol. The Hall–Kier alpha value is -4.15. The van der Waals surface area contributed by atoms with Gasteiger partial charge in [-0.15, -0.1) is 0 Å². The lowest BCUT2D eigenvalue weighted by Gasteiger charge is -2.11. The van der Waals surface area contributed by atoms with Crippen molar-refractivity contribution < 1.29 is 0 Å². The van der Waals surface area contributed by atoms with Crippen LogP contribution in [0.25, 0.3) is 56.1 Å². The number of rotatable bonds is 4. The highest BCUT2D eigenvalue weighted by atomic mass is 79.9. The summed E-state index contributed by atoms with van der Waals surface area (Å²) in [6, 6.07) is 41.2. The highest BCUT2D eigenvalue weighted by Crippen LogP contribution is 2.34. The van der Waals surface area contributed by atoms with E-state index in [0.717, 1.165) is 37.5 Å². The van der Waals surface area contributed by atoms with Crippen LogP contribution in [0.5, 0.6) is 0 Å². The van der Waals surface area contributed by atoms with Gasteiger partial charge < -0.3 is 0 Å². The fourth-order valence-corrected chi connectivity index (χ4v) is 4.86. The Balaban J connectivity index is 1.50. The Morgan fingerprint density at radius 3 is 1.57 bits per heavy atom. The van der Waals surface area contributed by atoms with Crippen LogP contribution in [0, 0.1) is 0 Å². The van der Waals surface area contributed by atoms with E-state index in [9.17, 15) is 0 Å². The van der Waals surface area contributed by atoms with Crippen LogP contribution in [0.1, 0.15) is 0 Å². The number of nitrogens with zero attached hydrogens (tertiary/aromatic N) is 3. The highest BCUT2D eigenvalue weighted by Gasteiger charge is 2.15. The lowest BCUT2D eigenvalue weighted by molar-refractivity contribution is 1.07. The Bertz CT molecular complexity index is 1630. The molecule has 6 rings (SSSR count). The molecule has 0 aliphatic heterocycles. The van der Waals surface area contributed by atoms with Crippen LogP contribution < -0.4 is 0 Å². The molecule has 0 N–H and O–H groups in total. The SMILES string of the molecule is Brc1c(-c2nc(-c3ccccc3)nc(-c3ccc(-c4ccccc4)cc3)n2)ccc2ccccc12. The number of aromatic nitrogens is 3. The first kappa shape index (κ1) is 21.4. The lowest BCUT2D eigenvalue weighted by atomic mass is 10.0. The van der Waals surface area contributed by atoms with Gasteiger partial charge in [0.05, 0.1) is 0 Å². The first-order valence-electron chi connectivity index (χ1n) is 11.4. The number of halogens is 1. The third kappa shape index (κ3) is 4.25. The summed E-state index contributed by atoms with van der Waals surface area (Å²) in [5, 5.41) is 2.29. The van der Waals surface area contributed by atoms with Crippen molar-refractivity contribution in [1.29, 1.82) is 0 Å². The van der Waals surface area contributed by atoms with Gasteiger partial charge in [-0.25, -0.2) is 15.0 Å². The van der Waals surface area contributed by atoms with E-state index in [0.29, 0.717) is 17.5 Å². The van der Waals surface area contributed by atoms with Gasteiger partial charge in [0.1, 0.15) is 0 Å². The summed E-state index contributed by atoms with van der Waals surface area (Å²) in [6.07, 6.45) is 0. The predicted molar refractivity (Wildman–Crippen MR) is 147 cm³/mol. The maximum atomic E-state index is 4.92. The van der Waals surface area contributed by atoms with Gasteiger partial charge in [0, 0.05) is 21.2 Å². The molecule has 0 spiro atoms. The molecule has 4 heteroatoms. The van der Waals surface area contributed by atoms with Crippen LogP contribution >= 0.6 is 15.9 Å². The standard InChI is InChI=1S/C31H20BrN3/c32-28-26-14-8-7-11-23(26)19-20-27(28)31-34-29(24-12-5-2-6-13-24)33-30(35-31)25-17-15-22(16-18-25)21-9-3-1-4-10-21/h1-20H. The minimum absolute atomic E-state index is 0.638. The first-order valence-corrected chi connectivity index (χ1v) is 12.2. The second kappa shape index (κ2) is 9.24. The zero-order valence-corrected chi connectivity index (χ0v) is 20.4. The van der Waals surface area contributed by atoms with Crippen LogP contribution in [0.3, 0.4) is 0 Å². The van der Waals surface area contributed by atoms with Crippen molar-refractivity contribution in [2.24, 2.45) is 0 Å². The molecular weight excluding hydrogens is 494 g/mol. The fraction of sp³-hybridized carbons (Fsp3) is 0. The lowest BCUT2D eigenvalue weighted by Crippen LogP contribution is -2.00. The molecule has 3 nitrogen and oxygen atoms in total. The average Bonchev–Trinajstić information content (AvgIpc) is 2.94. The third-order valence-electron chi connectivity index (χ3n) is 6.02. The van der Waals surface area contributed by atoms with Crippen molar-refractivity contribution >= 4 is 26.7 Å². The van der Waals surface area contributed by atoms with Crippen LogP contribution in [-0.4, -0.2) is 15.0 Å². The Morgan fingerprint density at radius 1 is 0.400 bits per heavy atom. The largest absolute Gasteiger partial charge is 0.208 e. The molecule has 0 radical (unpaired) electrons. The molecule has 35 heavy (non-hydrogen) atoms. The summed E-state index contributed by atoms with van der Waals surface area (Å²) < 4.78 is 0.978. The van der Waals surface area contributed by atoms with Crippen molar-refractivity contribution in [1.82, 2.24) is 15.0 Å². The van der Waals surface area contributed by atoms with Gasteiger partial charge in [0.25, 0.3) is 0 Å². The second-order valence-corrected chi connectivity index (χ2v) is 9.06. The van der Waals surface area contributed by atoms with E-state index >= 15 is 0 Å². The molecule has 0 aliphatic rings. The van der Waals surface area contributed by atoms with Crippen LogP contribution in [-0.2, 0) is 0 Å². The molecule has 166 valence electrons. The van der Waals surface area contributed by atoms with Crippen molar-refractivity contribution in [2.45, 2.75) is 0 Å². The van der Waals surface area contributed by atoms with Crippen molar-refractivity contribution in [3.63, 3.8) is 0 Å². The smallest absolute Gasteiger partial charge is 0.165 e. The van der Waals surface area contributed by atoms with Gasteiger partial charge in [-0.1, -0.05) is 115 Å². The summed E-state index contributed by atoms with van der Waals surface area (Å²) in [5.74, 6) is 1.94. The zero-order valence-electron chi connectivity index (χ0n) is 18.8. The number of benzene rings is 5. The Morgan fingerprint density at radius 2 is 0.886 bits per heavy atom. The summed E-state index contributed by atoms with van der Waals surface area (Å²) in [6.45, 7) is 0.